The topological polar surface area (TPSA) is 13.1 Å². The molecule has 0 bridgehead atoms. The van der Waals surface area contributed by atoms with Gasteiger partial charge >= 0.3 is 58.4 Å². The Morgan fingerprint density at radius 1 is 1.13 bits per heavy atom. The molecule has 0 spiro atoms. The van der Waals surface area contributed by atoms with Gasteiger partial charge < -0.3 is 17.4 Å². The van der Waals surface area contributed by atoms with Crippen LogP contribution in [0.1, 0.15) is 5.56 Å². The van der Waals surface area contributed by atoms with Crippen LogP contribution >= 0.6 is 0 Å². The summed E-state index contributed by atoms with van der Waals surface area (Å²) < 4.78 is 41.6. The van der Waals surface area contributed by atoms with Crippen molar-refractivity contribution in [2.45, 2.75) is 6.92 Å². The van der Waals surface area contributed by atoms with Gasteiger partial charge in [0, 0.05) is 11.0 Å². The average molecular weight is 238 g/mol. The Labute approximate surface area is 127 Å². The number of hydrogen-bond donors (Lipinski definition) is 0. The molecule has 2 rings (SSSR count). The molecule has 0 aliphatic rings. The third-order valence-electron chi connectivity index (χ3n) is 2.01. The summed E-state index contributed by atoms with van der Waals surface area (Å²) in [6, 6.07) is 5.99. The molecular weight excluding hydrogens is 231 g/mol. The van der Waals surface area contributed by atoms with E-state index in [4.69, 9.17) is 4.42 Å². The van der Waals surface area contributed by atoms with E-state index in [-0.39, 0.29) is 57.0 Å². The van der Waals surface area contributed by atoms with Gasteiger partial charge in [0.25, 0.3) is 0 Å². The van der Waals surface area contributed by atoms with E-state index in [1.165, 1.54) is 0 Å². The number of aryl methyl sites for hydroxylation is 1. The van der Waals surface area contributed by atoms with Gasteiger partial charge in [-0.2, -0.15) is 0 Å². The second kappa shape index (κ2) is 4.63. The predicted molar refractivity (Wildman–Crippen MR) is 49.7 cm³/mol. The molecule has 0 saturated heterocycles. The first kappa shape index (κ1) is 13.3. The van der Waals surface area contributed by atoms with Crippen LogP contribution in [0.3, 0.4) is 0 Å². The van der Waals surface area contributed by atoms with E-state index in [1.807, 2.05) is 6.92 Å². The van der Waals surface area contributed by atoms with Crippen molar-refractivity contribution in [2.24, 2.45) is 0 Å². The van der Waals surface area contributed by atoms with Crippen LogP contribution in [-0.4, -0.2) is 6.98 Å². The van der Waals surface area contributed by atoms with Gasteiger partial charge in [-0.3, -0.25) is 0 Å². The summed E-state index contributed by atoms with van der Waals surface area (Å²) in [7, 11) is 0. The quantitative estimate of drug-likeness (QED) is 0.627. The Morgan fingerprint density at radius 3 is 2.40 bits per heavy atom. The third-order valence-corrected chi connectivity index (χ3v) is 2.01. The molecule has 0 N–H and O–H groups in total. The minimum atomic E-state index is -5.04. The average Bonchev–Trinajstić information content (AvgIpc) is 2.45. The zero-order valence-electron chi connectivity index (χ0n) is 8.43. The predicted octanol–water partition coefficient (Wildman–Crippen LogP) is -0.200. The van der Waals surface area contributed by atoms with E-state index in [9.17, 15) is 12.9 Å². The first-order valence-corrected chi connectivity index (χ1v) is 4.17. The minimum Gasteiger partial charge on any atom is -0.493 e. The van der Waals surface area contributed by atoms with Gasteiger partial charge in [0.15, 0.2) is 0 Å². The van der Waals surface area contributed by atoms with Gasteiger partial charge in [-0.1, -0.05) is 11.6 Å². The van der Waals surface area contributed by atoms with Gasteiger partial charge in [0.1, 0.15) is 5.58 Å². The Kier molecular flexibility index (Phi) is 4.11. The largest absolute Gasteiger partial charge is 1.00 e. The maximum atomic E-state index is 12.3. The maximum Gasteiger partial charge on any atom is 1.00 e. The zero-order valence-corrected chi connectivity index (χ0v) is 11.6. The Hall–Kier alpha value is 0.251. The number of furan rings is 1. The number of benzene rings is 1. The van der Waals surface area contributed by atoms with Crippen molar-refractivity contribution in [3.8, 4) is 0 Å². The summed E-state index contributed by atoms with van der Waals surface area (Å²) in [6.45, 7) is -3.21. The fourth-order valence-corrected chi connectivity index (χ4v) is 1.34. The van der Waals surface area contributed by atoms with Gasteiger partial charge in [-0.25, -0.2) is 0 Å². The van der Waals surface area contributed by atoms with Crippen LogP contribution in [-0.2, 0) is 0 Å². The van der Waals surface area contributed by atoms with E-state index in [1.54, 1.807) is 18.2 Å². The van der Waals surface area contributed by atoms with Crippen LogP contribution in [0.25, 0.3) is 11.0 Å². The monoisotopic (exact) mass is 238 g/mol. The van der Waals surface area contributed by atoms with Crippen molar-refractivity contribution in [1.82, 2.24) is 0 Å². The number of fused-ring (bicyclic) bond motifs is 1. The molecule has 1 aromatic carbocycles. The van der Waals surface area contributed by atoms with E-state index < -0.39 is 12.6 Å². The van der Waals surface area contributed by atoms with Crippen LogP contribution in [0.4, 0.5) is 12.9 Å². The molecular formula is C9H7BF3KO. The molecule has 0 aliphatic heterocycles. The molecule has 1 nitrogen and oxygen atoms in total. The zero-order chi connectivity index (χ0) is 10.3. The Morgan fingerprint density at radius 2 is 1.80 bits per heavy atom. The molecule has 2 aromatic rings. The maximum absolute atomic E-state index is 12.3. The van der Waals surface area contributed by atoms with Crippen molar-refractivity contribution >= 4 is 23.6 Å². The van der Waals surface area contributed by atoms with Crippen molar-refractivity contribution in [3.05, 3.63) is 29.8 Å². The second-order valence-electron chi connectivity index (χ2n) is 3.26. The molecule has 0 saturated carbocycles. The van der Waals surface area contributed by atoms with Crippen molar-refractivity contribution in [1.29, 1.82) is 0 Å². The summed E-state index contributed by atoms with van der Waals surface area (Å²) in [5, 5.41) is 0.499. The number of rotatable bonds is 1. The van der Waals surface area contributed by atoms with Crippen LogP contribution in [0, 0.1) is 6.92 Å². The molecule has 0 unspecified atom stereocenters. The van der Waals surface area contributed by atoms with Crippen molar-refractivity contribution in [2.75, 3.05) is 0 Å². The Balaban J connectivity index is 0.00000112. The Bertz CT molecular complexity index is 478. The number of hydrogen-bond acceptors (Lipinski definition) is 1. The van der Waals surface area contributed by atoms with Gasteiger partial charge in [-0.15, -0.1) is 0 Å². The van der Waals surface area contributed by atoms with Crippen molar-refractivity contribution < 1.29 is 68.7 Å². The van der Waals surface area contributed by atoms with E-state index >= 15 is 0 Å². The molecule has 0 atom stereocenters. The van der Waals surface area contributed by atoms with E-state index in [2.05, 4.69) is 0 Å². The first-order valence-electron chi connectivity index (χ1n) is 4.17. The van der Waals surface area contributed by atoms with Gasteiger partial charge in [0.2, 0.25) is 0 Å². The van der Waals surface area contributed by atoms with Crippen LogP contribution in [0.15, 0.2) is 28.7 Å². The first-order chi connectivity index (χ1) is 6.47. The summed E-state index contributed by atoms with van der Waals surface area (Å²) in [5.41, 5.74) is 0.315. The van der Waals surface area contributed by atoms with E-state index in [0.29, 0.717) is 5.39 Å². The summed E-state index contributed by atoms with van der Waals surface area (Å²) >= 11 is 0. The molecule has 0 amide bonds. The van der Waals surface area contributed by atoms with Crippen molar-refractivity contribution in [3.63, 3.8) is 0 Å². The normalized spacial score (nSPS) is 11.5. The van der Waals surface area contributed by atoms with E-state index in [0.717, 1.165) is 11.6 Å². The molecule has 1 aromatic heterocycles. The minimum absolute atomic E-state index is 0. The SMILES string of the molecule is Cc1ccc2oc([B-](F)(F)F)cc2c1.[K+]. The fourth-order valence-electron chi connectivity index (χ4n) is 1.34. The molecule has 0 radical (unpaired) electrons. The van der Waals surface area contributed by atoms with Crippen LogP contribution in [0.5, 0.6) is 0 Å². The molecule has 15 heavy (non-hydrogen) atoms. The van der Waals surface area contributed by atoms with Crippen LogP contribution in [0.2, 0.25) is 0 Å². The van der Waals surface area contributed by atoms with Gasteiger partial charge in [-0.05, 0) is 25.1 Å². The molecule has 1 heterocycles. The molecule has 0 aliphatic carbocycles. The summed E-state index contributed by atoms with van der Waals surface area (Å²) in [6.07, 6.45) is 0. The molecule has 6 heteroatoms. The number of halogens is 3. The second-order valence-corrected chi connectivity index (χ2v) is 3.26. The third kappa shape index (κ3) is 2.88. The molecule has 0 fully saturated rings. The summed E-state index contributed by atoms with van der Waals surface area (Å²) in [4.78, 5) is 0. The standard InChI is InChI=1S/C9H7BF3O.K/c1-6-2-3-8-7(4-6)5-9(14-8)10(11,12)13;/h2-5H,1H3;/q-1;+1. The van der Waals surface area contributed by atoms with Crippen LogP contribution < -0.4 is 57.0 Å². The summed E-state index contributed by atoms with van der Waals surface area (Å²) in [5.74, 6) is 0. The molecule has 74 valence electrons. The fraction of sp³-hybridized carbons (Fsp3) is 0.111. The smallest absolute Gasteiger partial charge is 0.493 e. The van der Waals surface area contributed by atoms with Gasteiger partial charge in [0.05, 0.1) is 0 Å².